The minimum Gasteiger partial charge on any atom is -0.147 e. The molecule has 0 radical (unpaired) electrons. The quantitative estimate of drug-likeness (QED) is 0.103. The molecule has 3 heteroatoms. The van der Waals surface area contributed by atoms with E-state index in [1.165, 1.54) is 121 Å². The van der Waals surface area contributed by atoms with E-state index >= 15 is 0 Å². The fourth-order valence-electron chi connectivity index (χ4n) is 4.30. The zero-order valence-electron chi connectivity index (χ0n) is 23.4. The third-order valence-corrected chi connectivity index (χ3v) is 9.88. The smallest absolute Gasteiger partial charge is 0.0128 e. The highest BCUT2D eigenvalue weighted by Crippen LogP contribution is 2.39. The molecule has 1 aromatic rings. The van der Waals surface area contributed by atoms with Gasteiger partial charge in [-0.3, -0.25) is 0 Å². The van der Waals surface area contributed by atoms with Gasteiger partial charge in [0.05, 0.1) is 0 Å². The predicted molar refractivity (Wildman–Crippen MR) is 169 cm³/mol. The molecule has 0 fully saturated rings. The van der Waals surface area contributed by atoms with Crippen LogP contribution in [0, 0.1) is 0 Å². The minimum absolute atomic E-state index is 0. The molecule has 0 heterocycles. The van der Waals surface area contributed by atoms with E-state index in [2.05, 4.69) is 54.3 Å². The van der Waals surface area contributed by atoms with Gasteiger partial charge >= 0.3 is 0 Å². The Kier molecular flexibility index (Phi) is 33.7. The van der Waals surface area contributed by atoms with Crippen LogP contribution < -0.4 is 0 Å². The van der Waals surface area contributed by atoms with Gasteiger partial charge in [0, 0.05) is 0 Å². The molecule has 0 saturated carbocycles. The lowest BCUT2D eigenvalue weighted by Crippen LogP contribution is -1.97. The summed E-state index contributed by atoms with van der Waals surface area (Å²) in [6, 6.07) is 10.4. The summed E-state index contributed by atoms with van der Waals surface area (Å²) in [5, 5.41) is 0. The van der Waals surface area contributed by atoms with Crippen LogP contribution in [0.1, 0.15) is 142 Å². The molecule has 0 spiro atoms. The fourth-order valence-corrected chi connectivity index (χ4v) is 7.25. The van der Waals surface area contributed by atoms with Crippen LogP contribution in [0.4, 0.5) is 0 Å². The second kappa shape index (κ2) is 31.4. The average Bonchev–Trinajstić information content (AvgIpc) is 2.85. The Morgan fingerprint density at radius 2 is 0.824 bits per heavy atom. The van der Waals surface area contributed by atoms with E-state index in [4.69, 9.17) is 0 Å². The molecular weight excluding hydrogens is 470 g/mol. The van der Waals surface area contributed by atoms with Crippen LogP contribution in [-0.2, 0) is 6.16 Å². The lowest BCUT2D eigenvalue weighted by atomic mass is 10.1. The third kappa shape index (κ3) is 27.0. The van der Waals surface area contributed by atoms with E-state index in [-0.39, 0.29) is 12.4 Å². The molecule has 0 aliphatic rings. The molecule has 1 aromatic carbocycles. The fraction of sp³-hybridized carbons (Fsp3) is 0.806. The van der Waals surface area contributed by atoms with Gasteiger partial charge in [0.15, 0.2) is 0 Å². The van der Waals surface area contributed by atoms with E-state index in [1.807, 2.05) is 6.07 Å². The van der Waals surface area contributed by atoms with E-state index < -0.39 is 0 Å². The first-order valence-corrected chi connectivity index (χ1v) is 17.5. The van der Waals surface area contributed by atoms with Gasteiger partial charge in [-0.1, -0.05) is 147 Å². The lowest BCUT2D eigenvalue weighted by molar-refractivity contribution is 0.617. The Morgan fingerprint density at radius 3 is 1.12 bits per heavy atom. The standard InChI is InChI=1S/C24H51P.C7H9P.ClH/c1-4-7-10-13-16-19-22-25(23-20-17-14-11-8-5-2)24-21-18-15-12-9-6-3;8-6-7-4-2-1-3-5-7;/h4-24H2,1-3H3;1-5H,6,8H2;1H. The van der Waals surface area contributed by atoms with Crippen molar-refractivity contribution in [3.05, 3.63) is 35.9 Å². The van der Waals surface area contributed by atoms with Crippen molar-refractivity contribution in [1.29, 1.82) is 0 Å². The first-order valence-electron chi connectivity index (χ1n) is 14.7. The first-order chi connectivity index (χ1) is 16.3. The van der Waals surface area contributed by atoms with Gasteiger partial charge in [-0.25, -0.2) is 0 Å². The molecule has 34 heavy (non-hydrogen) atoms. The van der Waals surface area contributed by atoms with Crippen molar-refractivity contribution in [3.63, 3.8) is 0 Å². The summed E-state index contributed by atoms with van der Waals surface area (Å²) >= 11 is 0. The van der Waals surface area contributed by atoms with Gasteiger partial charge in [-0.2, -0.15) is 0 Å². The molecule has 0 saturated heterocycles. The molecule has 1 unspecified atom stereocenters. The molecule has 0 aliphatic carbocycles. The average molecular weight is 531 g/mol. The van der Waals surface area contributed by atoms with Crippen LogP contribution >= 0.6 is 29.6 Å². The highest BCUT2D eigenvalue weighted by Gasteiger charge is 2.07. The van der Waals surface area contributed by atoms with Crippen LogP contribution in [0.2, 0.25) is 0 Å². The van der Waals surface area contributed by atoms with Gasteiger partial charge in [-0.05, 0) is 49.5 Å². The number of rotatable bonds is 22. The third-order valence-electron chi connectivity index (χ3n) is 6.56. The largest absolute Gasteiger partial charge is 0.147 e. The zero-order chi connectivity index (χ0) is 24.2. The van der Waals surface area contributed by atoms with Crippen molar-refractivity contribution in [1.82, 2.24) is 0 Å². The lowest BCUT2D eigenvalue weighted by Gasteiger charge is -2.18. The first kappa shape index (κ1) is 36.5. The Hall–Kier alpha value is 0.370. The van der Waals surface area contributed by atoms with E-state index in [1.54, 1.807) is 18.5 Å². The van der Waals surface area contributed by atoms with Gasteiger partial charge in [0.25, 0.3) is 0 Å². The maximum absolute atomic E-state index is 2.69. The van der Waals surface area contributed by atoms with Gasteiger partial charge < -0.3 is 0 Å². The van der Waals surface area contributed by atoms with Gasteiger partial charge in [0.1, 0.15) is 0 Å². The number of halogens is 1. The van der Waals surface area contributed by atoms with Crippen LogP contribution in [0.3, 0.4) is 0 Å². The van der Waals surface area contributed by atoms with Gasteiger partial charge in [0.2, 0.25) is 0 Å². The molecule has 0 aromatic heterocycles. The minimum atomic E-state index is 0. The molecule has 0 bridgehead atoms. The highest BCUT2D eigenvalue weighted by atomic mass is 35.5. The van der Waals surface area contributed by atoms with Crippen molar-refractivity contribution in [3.8, 4) is 0 Å². The zero-order valence-corrected chi connectivity index (χ0v) is 26.2. The Labute approximate surface area is 226 Å². The Balaban J connectivity index is 0. The monoisotopic (exact) mass is 530 g/mol. The van der Waals surface area contributed by atoms with Crippen LogP contribution in [-0.4, -0.2) is 18.5 Å². The van der Waals surface area contributed by atoms with E-state index in [0.29, 0.717) is 7.92 Å². The SMILES string of the molecule is CCCCCCCCP(CCCCCCCC)CCCCCCCC.Cl.PCc1ccccc1. The molecule has 202 valence electrons. The highest BCUT2D eigenvalue weighted by molar-refractivity contribution is 7.57. The second-order valence-corrected chi connectivity index (χ2v) is 12.9. The summed E-state index contributed by atoms with van der Waals surface area (Å²) in [5.41, 5.74) is 1.37. The summed E-state index contributed by atoms with van der Waals surface area (Å²) in [7, 11) is 3.06. The van der Waals surface area contributed by atoms with Crippen molar-refractivity contribution in [2.45, 2.75) is 143 Å². The van der Waals surface area contributed by atoms with Crippen molar-refractivity contribution >= 4 is 29.6 Å². The van der Waals surface area contributed by atoms with E-state index in [9.17, 15) is 0 Å². The molecular formula is C31H61ClP2. The number of hydrogen-bond acceptors (Lipinski definition) is 0. The van der Waals surface area contributed by atoms with Crippen LogP contribution in [0.5, 0.6) is 0 Å². The van der Waals surface area contributed by atoms with Crippen molar-refractivity contribution in [2.24, 2.45) is 0 Å². The molecule has 0 N–H and O–H groups in total. The molecule has 1 atom stereocenters. The van der Waals surface area contributed by atoms with Crippen molar-refractivity contribution in [2.75, 3.05) is 18.5 Å². The summed E-state index contributed by atoms with van der Waals surface area (Å²) in [6.45, 7) is 6.96. The molecule has 0 aliphatic heterocycles. The van der Waals surface area contributed by atoms with Crippen LogP contribution in [0.15, 0.2) is 30.3 Å². The topological polar surface area (TPSA) is 0 Å². The van der Waals surface area contributed by atoms with Crippen LogP contribution in [0.25, 0.3) is 0 Å². The molecule has 1 rings (SSSR count). The molecule has 0 amide bonds. The maximum atomic E-state index is 2.69. The summed E-state index contributed by atoms with van der Waals surface area (Å²) in [5.74, 6) is 0. The Morgan fingerprint density at radius 1 is 0.500 bits per heavy atom. The number of unbranched alkanes of at least 4 members (excludes halogenated alkanes) is 15. The summed E-state index contributed by atoms with van der Waals surface area (Å²) in [6.07, 6.45) is 32.3. The maximum Gasteiger partial charge on any atom is -0.0128 e. The predicted octanol–water partition coefficient (Wildman–Crippen LogP) is 12.0. The Bertz CT molecular complexity index is 428. The number of hydrogen-bond donors (Lipinski definition) is 0. The summed E-state index contributed by atoms with van der Waals surface area (Å²) < 4.78 is 0. The van der Waals surface area contributed by atoms with E-state index in [0.717, 1.165) is 6.16 Å². The summed E-state index contributed by atoms with van der Waals surface area (Å²) in [4.78, 5) is 0. The van der Waals surface area contributed by atoms with Gasteiger partial charge in [-0.15, -0.1) is 29.6 Å². The second-order valence-electron chi connectivity index (χ2n) is 9.83. The van der Waals surface area contributed by atoms with Crippen molar-refractivity contribution < 1.29 is 0 Å². The number of benzene rings is 1. The normalized spacial score (nSPS) is 10.6. The molecule has 0 nitrogen and oxygen atoms in total.